The molecule has 1 amide bonds. The molecular weight excluding hydrogens is 452 g/mol. The summed E-state index contributed by atoms with van der Waals surface area (Å²) in [4.78, 5) is 16.6. The van der Waals surface area contributed by atoms with Crippen molar-refractivity contribution in [2.75, 3.05) is 13.7 Å². The number of methoxy groups -OCH3 is 1. The number of rotatable bonds is 7. The number of carbonyl (C=O) groups is 1. The predicted octanol–water partition coefficient (Wildman–Crippen LogP) is 4.04. The van der Waals surface area contributed by atoms with Crippen LogP contribution < -0.4 is 25.8 Å². The lowest BCUT2D eigenvalue weighted by atomic mass is 9.89. The molecule has 1 aliphatic heterocycles. The van der Waals surface area contributed by atoms with E-state index in [0.717, 1.165) is 66.3 Å². The van der Waals surface area contributed by atoms with Gasteiger partial charge in [0, 0.05) is 35.1 Å². The molecule has 2 aliphatic carbocycles. The van der Waals surface area contributed by atoms with E-state index in [1.807, 2.05) is 37.4 Å². The van der Waals surface area contributed by atoms with Gasteiger partial charge in [-0.25, -0.2) is 0 Å². The summed E-state index contributed by atoms with van der Waals surface area (Å²) in [5, 5.41) is 6.83. The smallest absolute Gasteiger partial charge is 0.255 e. The van der Waals surface area contributed by atoms with Crippen LogP contribution in [0.15, 0.2) is 36.2 Å². The van der Waals surface area contributed by atoms with Gasteiger partial charge in [0.2, 0.25) is 0 Å². The molecule has 1 aromatic heterocycles. The minimum absolute atomic E-state index is 0. The second-order valence-electron chi connectivity index (χ2n) is 9.63. The average molecular weight is 487 g/mol. The van der Waals surface area contributed by atoms with E-state index in [1.165, 1.54) is 12.8 Å². The van der Waals surface area contributed by atoms with Crippen LogP contribution in [0.25, 0.3) is 5.57 Å². The lowest BCUT2D eigenvalue weighted by Crippen LogP contribution is -2.42. The first-order chi connectivity index (χ1) is 16.0. The van der Waals surface area contributed by atoms with E-state index < -0.39 is 0 Å². The Morgan fingerprint density at radius 2 is 1.88 bits per heavy atom. The molecule has 2 aromatic rings. The number of H-pyrrole nitrogens is 1. The lowest BCUT2D eigenvalue weighted by molar-refractivity contribution is -0.116. The maximum absolute atomic E-state index is 13.3. The van der Waals surface area contributed by atoms with Gasteiger partial charge in [0.05, 0.1) is 31.0 Å². The van der Waals surface area contributed by atoms with Crippen molar-refractivity contribution in [1.29, 1.82) is 0 Å². The molecule has 8 heteroatoms. The monoisotopic (exact) mass is 486 g/mol. The van der Waals surface area contributed by atoms with E-state index >= 15 is 0 Å². The summed E-state index contributed by atoms with van der Waals surface area (Å²) in [7, 11) is 1.67. The number of aromatic nitrogens is 1. The van der Waals surface area contributed by atoms with Crippen molar-refractivity contribution >= 4 is 23.9 Å². The largest absolute Gasteiger partial charge is 0.497 e. The van der Waals surface area contributed by atoms with E-state index in [0.29, 0.717) is 11.5 Å². The molecule has 34 heavy (non-hydrogen) atoms. The van der Waals surface area contributed by atoms with Gasteiger partial charge in [0.1, 0.15) is 11.5 Å². The molecule has 2 saturated carbocycles. The first-order valence-corrected chi connectivity index (χ1v) is 12.1. The molecule has 0 saturated heterocycles. The van der Waals surface area contributed by atoms with E-state index in [9.17, 15) is 4.79 Å². The summed E-state index contributed by atoms with van der Waals surface area (Å²) in [6, 6.07) is 8.28. The van der Waals surface area contributed by atoms with Gasteiger partial charge in [-0.1, -0.05) is 0 Å². The van der Waals surface area contributed by atoms with E-state index in [2.05, 4.69) is 15.6 Å². The fourth-order valence-corrected chi connectivity index (χ4v) is 4.95. The molecule has 1 unspecified atom stereocenters. The molecule has 5 N–H and O–H groups in total. The quantitative estimate of drug-likeness (QED) is 0.473. The minimum atomic E-state index is -0.139. The van der Waals surface area contributed by atoms with Gasteiger partial charge in [0.25, 0.3) is 5.91 Å². The SMILES string of the molecule is COc1ccc(OCC2CC2)c(C2NC(C)=C(C(=O)NC3CCC(N)CC3)c3[nH]ccc32)c1.Cl. The van der Waals surface area contributed by atoms with Crippen LogP contribution in [-0.4, -0.2) is 36.7 Å². The molecule has 3 aliphatic rings. The van der Waals surface area contributed by atoms with Crippen molar-refractivity contribution in [3.63, 3.8) is 0 Å². The summed E-state index contributed by atoms with van der Waals surface area (Å²) in [5.41, 5.74) is 10.4. The highest BCUT2D eigenvalue weighted by molar-refractivity contribution is 6.20. The third kappa shape index (κ3) is 5.05. The van der Waals surface area contributed by atoms with Crippen LogP contribution in [0, 0.1) is 5.92 Å². The molecule has 184 valence electrons. The standard InChI is InChI=1S/C26H34N4O3.ClH/c1-15-23(26(31)30-18-7-5-17(27)6-8-18)25-20(11-12-28-25)24(29-15)21-13-19(32-2)9-10-22(21)33-14-16-3-4-16;/h9-13,16-18,24,28-29H,3-8,14,27H2,1-2H3,(H,30,31);1H. The van der Waals surface area contributed by atoms with Crippen molar-refractivity contribution in [3.8, 4) is 11.5 Å². The lowest BCUT2D eigenvalue weighted by Gasteiger charge is -2.31. The van der Waals surface area contributed by atoms with E-state index in [4.69, 9.17) is 15.2 Å². The van der Waals surface area contributed by atoms with Crippen LogP contribution in [0.4, 0.5) is 0 Å². The topological polar surface area (TPSA) is 101 Å². The fourth-order valence-electron chi connectivity index (χ4n) is 4.95. The van der Waals surface area contributed by atoms with Crippen LogP contribution >= 0.6 is 12.4 Å². The molecule has 1 atom stereocenters. The Hall–Kier alpha value is -2.64. The Morgan fingerprint density at radius 1 is 1.12 bits per heavy atom. The van der Waals surface area contributed by atoms with Gasteiger partial charge in [-0.15, -0.1) is 12.4 Å². The molecule has 0 spiro atoms. The molecular formula is C26H35ClN4O3. The highest BCUT2D eigenvalue weighted by Gasteiger charge is 2.33. The molecule has 2 fully saturated rings. The maximum atomic E-state index is 13.3. The number of hydrogen-bond donors (Lipinski definition) is 4. The zero-order chi connectivity index (χ0) is 22.9. The van der Waals surface area contributed by atoms with Gasteiger partial charge < -0.3 is 30.8 Å². The molecule has 7 nitrogen and oxygen atoms in total. The zero-order valence-electron chi connectivity index (χ0n) is 19.9. The van der Waals surface area contributed by atoms with Gasteiger partial charge in [-0.05, 0) is 75.6 Å². The Balaban J connectivity index is 0.00000274. The number of benzene rings is 1. The summed E-state index contributed by atoms with van der Waals surface area (Å²) >= 11 is 0. The number of amides is 1. The number of aromatic amines is 1. The minimum Gasteiger partial charge on any atom is -0.497 e. The van der Waals surface area contributed by atoms with Crippen LogP contribution in [0.5, 0.6) is 11.5 Å². The van der Waals surface area contributed by atoms with Crippen LogP contribution in [-0.2, 0) is 4.79 Å². The zero-order valence-corrected chi connectivity index (χ0v) is 20.7. The summed E-state index contributed by atoms with van der Waals surface area (Å²) in [5.74, 6) is 2.25. The highest BCUT2D eigenvalue weighted by Crippen LogP contribution is 2.41. The van der Waals surface area contributed by atoms with Crippen molar-refractivity contribution in [3.05, 3.63) is 53.0 Å². The van der Waals surface area contributed by atoms with Crippen LogP contribution in [0.3, 0.4) is 0 Å². The summed E-state index contributed by atoms with van der Waals surface area (Å²) in [6.45, 7) is 2.70. The second-order valence-corrected chi connectivity index (χ2v) is 9.63. The number of nitrogens with one attached hydrogen (secondary N) is 3. The normalized spacial score (nSPS) is 23.9. The fraction of sp³-hybridized carbons (Fsp3) is 0.500. The predicted molar refractivity (Wildman–Crippen MR) is 135 cm³/mol. The number of hydrogen-bond acceptors (Lipinski definition) is 5. The van der Waals surface area contributed by atoms with Crippen LogP contribution in [0.1, 0.15) is 68.3 Å². The highest BCUT2D eigenvalue weighted by atomic mass is 35.5. The molecule has 1 aromatic carbocycles. The van der Waals surface area contributed by atoms with Gasteiger partial charge in [0.15, 0.2) is 0 Å². The first kappa shape index (κ1) is 24.5. The Bertz CT molecular complexity index is 1050. The number of carbonyl (C=O) groups excluding carboxylic acids is 1. The van der Waals surface area contributed by atoms with Crippen molar-refractivity contribution in [2.45, 2.75) is 63.6 Å². The number of nitrogens with two attached hydrogens (primary N) is 1. The van der Waals surface area contributed by atoms with Crippen molar-refractivity contribution < 1.29 is 14.3 Å². The third-order valence-electron chi connectivity index (χ3n) is 7.11. The average Bonchev–Trinajstić information content (AvgIpc) is 3.53. The third-order valence-corrected chi connectivity index (χ3v) is 7.11. The number of halogens is 1. The van der Waals surface area contributed by atoms with Gasteiger partial charge >= 0.3 is 0 Å². The van der Waals surface area contributed by atoms with Gasteiger partial charge in [-0.2, -0.15) is 0 Å². The van der Waals surface area contributed by atoms with Crippen molar-refractivity contribution in [1.82, 2.24) is 15.6 Å². The Kier molecular flexibility index (Phi) is 7.43. The number of fused-ring (bicyclic) bond motifs is 1. The molecule has 2 heterocycles. The van der Waals surface area contributed by atoms with Crippen molar-refractivity contribution in [2.24, 2.45) is 11.7 Å². The van der Waals surface area contributed by atoms with E-state index in [1.54, 1.807) is 7.11 Å². The first-order valence-electron chi connectivity index (χ1n) is 12.1. The molecule has 5 rings (SSSR count). The maximum Gasteiger partial charge on any atom is 0.255 e. The summed E-state index contributed by atoms with van der Waals surface area (Å²) in [6.07, 6.45) is 8.14. The number of allylic oxidation sites excluding steroid dienone is 1. The number of ether oxygens (including phenoxy) is 2. The van der Waals surface area contributed by atoms with Gasteiger partial charge in [-0.3, -0.25) is 4.79 Å². The summed E-state index contributed by atoms with van der Waals surface area (Å²) < 4.78 is 11.7. The van der Waals surface area contributed by atoms with E-state index in [-0.39, 0.29) is 36.4 Å². The van der Waals surface area contributed by atoms with Crippen LogP contribution in [0.2, 0.25) is 0 Å². The Labute approximate surface area is 207 Å². The Morgan fingerprint density at radius 3 is 2.59 bits per heavy atom. The second kappa shape index (κ2) is 10.3. The molecule has 0 bridgehead atoms. The molecule has 0 radical (unpaired) electrons.